The number of halogens is 4. The second-order valence-corrected chi connectivity index (χ2v) is 11.9. The first-order chi connectivity index (χ1) is 19.8. The molecule has 5 nitrogen and oxygen atoms in total. The Morgan fingerprint density at radius 2 is 1.61 bits per heavy atom. The minimum Gasteiger partial charge on any atom is -0.491 e. The van der Waals surface area contributed by atoms with Gasteiger partial charge in [0.05, 0.1) is 17.7 Å². The first-order valence-electron chi connectivity index (χ1n) is 15.2. The molecule has 1 aliphatic heterocycles. The third-order valence-corrected chi connectivity index (χ3v) is 8.52. The van der Waals surface area contributed by atoms with E-state index in [0.29, 0.717) is 49.7 Å². The molecule has 0 spiro atoms. The smallest absolute Gasteiger partial charge is 0.406 e. The van der Waals surface area contributed by atoms with Gasteiger partial charge in [0.2, 0.25) is 5.91 Å². The molecular formula is C32H46BrF3N2O3. The number of morpholine rings is 1. The highest BCUT2D eigenvalue weighted by atomic mass is 79.9. The third kappa shape index (κ3) is 10.1. The largest absolute Gasteiger partial charge is 0.491 e. The Hall–Kier alpha value is -1.84. The van der Waals surface area contributed by atoms with Gasteiger partial charge in [0.15, 0.2) is 5.41 Å². The van der Waals surface area contributed by atoms with Gasteiger partial charge in [-0.15, -0.1) is 0 Å². The molecule has 0 radical (unpaired) electrons. The van der Waals surface area contributed by atoms with E-state index in [1.54, 1.807) is 24.3 Å². The lowest BCUT2D eigenvalue weighted by Crippen LogP contribution is -2.51. The molecule has 1 unspecified atom stereocenters. The molecule has 3 rings (SSSR count). The summed E-state index contributed by atoms with van der Waals surface area (Å²) in [4.78, 5) is 15.5. The van der Waals surface area contributed by atoms with Crippen molar-refractivity contribution in [1.82, 2.24) is 10.2 Å². The summed E-state index contributed by atoms with van der Waals surface area (Å²) in [6, 6.07) is 8.89. The van der Waals surface area contributed by atoms with Crippen LogP contribution < -0.4 is 5.32 Å². The maximum Gasteiger partial charge on any atom is 0.406 e. The number of allylic oxidation sites excluding steroid dienone is 2. The van der Waals surface area contributed by atoms with Crippen molar-refractivity contribution in [3.63, 3.8) is 0 Å². The van der Waals surface area contributed by atoms with E-state index in [1.807, 2.05) is 6.07 Å². The number of carbonyl (C=O) groups is 1. The first kappa shape index (κ1) is 33.7. The van der Waals surface area contributed by atoms with Crippen LogP contribution in [-0.4, -0.2) is 63.0 Å². The number of carbonyl (C=O) groups excluding carboxylic acids is 1. The summed E-state index contributed by atoms with van der Waals surface area (Å²) in [7, 11) is 0. The topological polar surface area (TPSA) is 50.8 Å². The number of nitrogens with zero attached hydrogens (tertiary/aromatic N) is 1. The van der Waals surface area contributed by atoms with Gasteiger partial charge < -0.3 is 14.8 Å². The standard InChI is InChI=1S/C32H46BrF3N2O3/c1-2-3-4-5-6-7-8-9-10-14-17-37-30(39)31(32(34,35)36)24-27(26-15-12-11-13-16-26)29(28(33)25-31)41-23-20-38-18-21-40-22-19-38/h11-13,15-16,25H,2-10,14,17-24H2,1H3,(H,37,39). The number of alkyl halides is 3. The van der Waals surface area contributed by atoms with E-state index < -0.39 is 23.9 Å². The summed E-state index contributed by atoms with van der Waals surface area (Å²) in [5, 5.41) is 2.61. The maximum absolute atomic E-state index is 14.7. The van der Waals surface area contributed by atoms with Crippen LogP contribution in [0.15, 0.2) is 46.6 Å². The molecule has 1 aliphatic carbocycles. The molecule has 1 N–H and O–H groups in total. The molecule has 0 aromatic heterocycles. The van der Waals surface area contributed by atoms with Gasteiger partial charge in [-0.25, -0.2) is 0 Å². The van der Waals surface area contributed by atoms with E-state index in [2.05, 4.69) is 33.1 Å². The predicted octanol–water partition coefficient (Wildman–Crippen LogP) is 8.01. The lowest BCUT2D eigenvalue weighted by molar-refractivity contribution is -0.206. The van der Waals surface area contributed by atoms with Crippen molar-refractivity contribution in [3.8, 4) is 0 Å². The Bertz CT molecular complexity index is 994. The van der Waals surface area contributed by atoms with Crippen LogP contribution >= 0.6 is 15.9 Å². The summed E-state index contributed by atoms with van der Waals surface area (Å²) >= 11 is 3.36. The number of hydrogen-bond donors (Lipinski definition) is 1. The van der Waals surface area contributed by atoms with E-state index >= 15 is 0 Å². The van der Waals surface area contributed by atoms with E-state index in [9.17, 15) is 18.0 Å². The quantitative estimate of drug-likeness (QED) is 0.175. The fourth-order valence-corrected chi connectivity index (χ4v) is 6.14. The molecule has 41 heavy (non-hydrogen) atoms. The van der Waals surface area contributed by atoms with E-state index in [-0.39, 0.29) is 11.0 Å². The van der Waals surface area contributed by atoms with Gasteiger partial charge in [0, 0.05) is 38.2 Å². The Labute approximate surface area is 252 Å². The van der Waals surface area contributed by atoms with Crippen molar-refractivity contribution >= 4 is 27.4 Å². The Morgan fingerprint density at radius 3 is 2.22 bits per heavy atom. The normalized spacial score (nSPS) is 20.2. The molecule has 0 bridgehead atoms. The number of unbranched alkanes of at least 4 members (excludes halogenated alkanes) is 9. The summed E-state index contributed by atoms with van der Waals surface area (Å²) in [6.45, 7) is 6.29. The second-order valence-electron chi connectivity index (χ2n) is 11.1. The molecular weight excluding hydrogens is 597 g/mol. The summed E-state index contributed by atoms with van der Waals surface area (Å²) in [5.74, 6) is -0.662. The monoisotopic (exact) mass is 642 g/mol. The number of nitrogens with one attached hydrogen (secondary N) is 1. The van der Waals surface area contributed by atoms with Gasteiger partial charge in [-0.2, -0.15) is 13.2 Å². The molecule has 1 heterocycles. The van der Waals surface area contributed by atoms with Gasteiger partial charge in [0.25, 0.3) is 0 Å². The Balaban J connectivity index is 1.63. The van der Waals surface area contributed by atoms with Crippen LogP contribution in [-0.2, 0) is 14.3 Å². The zero-order chi connectivity index (χ0) is 29.6. The van der Waals surface area contributed by atoms with Crippen molar-refractivity contribution in [1.29, 1.82) is 0 Å². The van der Waals surface area contributed by atoms with Gasteiger partial charge in [0.1, 0.15) is 12.4 Å². The minimum absolute atomic E-state index is 0.149. The maximum atomic E-state index is 14.7. The van der Waals surface area contributed by atoms with Crippen LogP contribution in [0.5, 0.6) is 0 Å². The Morgan fingerprint density at radius 1 is 1.00 bits per heavy atom. The molecule has 1 amide bonds. The molecule has 1 aromatic carbocycles. The highest BCUT2D eigenvalue weighted by Crippen LogP contribution is 2.52. The van der Waals surface area contributed by atoms with Crippen LogP contribution in [0.4, 0.5) is 13.2 Å². The van der Waals surface area contributed by atoms with E-state index in [4.69, 9.17) is 9.47 Å². The van der Waals surface area contributed by atoms with E-state index in [0.717, 1.165) is 38.4 Å². The second kappa shape index (κ2) is 17.3. The number of hydrogen-bond acceptors (Lipinski definition) is 4. The fourth-order valence-electron chi connectivity index (χ4n) is 5.39. The van der Waals surface area contributed by atoms with Crippen LogP contribution in [0.1, 0.15) is 83.1 Å². The molecule has 1 atom stereocenters. The van der Waals surface area contributed by atoms with Crippen molar-refractivity contribution < 1.29 is 27.4 Å². The van der Waals surface area contributed by atoms with Gasteiger partial charge in [-0.05, 0) is 34.0 Å². The van der Waals surface area contributed by atoms with Crippen LogP contribution in [0.3, 0.4) is 0 Å². The molecule has 1 fully saturated rings. The highest BCUT2D eigenvalue weighted by molar-refractivity contribution is 9.12. The number of rotatable bonds is 17. The lowest BCUT2D eigenvalue weighted by Gasteiger charge is -2.37. The summed E-state index contributed by atoms with van der Waals surface area (Å²) < 4.78 is 55.9. The fraction of sp³-hybridized carbons (Fsp3) is 0.656. The first-order valence-corrected chi connectivity index (χ1v) is 16.0. The molecule has 1 saturated heterocycles. The zero-order valence-electron chi connectivity index (χ0n) is 24.4. The van der Waals surface area contributed by atoms with Crippen molar-refractivity contribution in [2.45, 2.75) is 83.7 Å². The summed E-state index contributed by atoms with van der Waals surface area (Å²) in [5.41, 5.74) is -1.71. The van der Waals surface area contributed by atoms with Crippen molar-refractivity contribution in [3.05, 3.63) is 52.2 Å². The average Bonchev–Trinajstić information content (AvgIpc) is 2.96. The SMILES string of the molecule is CCCCCCCCCCCCNC(=O)C1(C(F)(F)F)C=C(Br)C(OCCN2CCOCC2)=C(c2ccccc2)C1. The number of benzene rings is 1. The van der Waals surface area contributed by atoms with Crippen LogP contribution in [0.2, 0.25) is 0 Å². The van der Waals surface area contributed by atoms with Crippen LogP contribution in [0, 0.1) is 5.41 Å². The molecule has 9 heteroatoms. The average molecular weight is 644 g/mol. The molecule has 2 aliphatic rings. The van der Waals surface area contributed by atoms with Crippen molar-refractivity contribution in [2.75, 3.05) is 46.0 Å². The lowest BCUT2D eigenvalue weighted by atomic mass is 9.74. The van der Waals surface area contributed by atoms with Gasteiger partial charge >= 0.3 is 6.18 Å². The Kier molecular flexibility index (Phi) is 14.2. The summed E-state index contributed by atoms with van der Waals surface area (Å²) in [6.07, 6.45) is 6.93. The third-order valence-electron chi connectivity index (χ3n) is 7.93. The number of amides is 1. The van der Waals surface area contributed by atoms with Gasteiger partial charge in [-0.1, -0.05) is 95.0 Å². The molecule has 230 valence electrons. The highest BCUT2D eigenvalue weighted by Gasteiger charge is 2.60. The van der Waals surface area contributed by atoms with Gasteiger partial charge in [-0.3, -0.25) is 9.69 Å². The van der Waals surface area contributed by atoms with E-state index in [1.165, 1.54) is 38.5 Å². The zero-order valence-corrected chi connectivity index (χ0v) is 26.0. The predicted molar refractivity (Wildman–Crippen MR) is 162 cm³/mol. The number of ether oxygens (including phenoxy) is 2. The van der Waals surface area contributed by atoms with Crippen molar-refractivity contribution in [2.24, 2.45) is 5.41 Å². The minimum atomic E-state index is -4.78. The molecule has 0 saturated carbocycles. The van der Waals surface area contributed by atoms with Crippen LogP contribution in [0.25, 0.3) is 5.57 Å². The molecule has 1 aromatic rings.